The zero-order valence-corrected chi connectivity index (χ0v) is 13.9. The summed E-state index contributed by atoms with van der Waals surface area (Å²) in [7, 11) is -1.72. The van der Waals surface area contributed by atoms with Crippen molar-refractivity contribution in [1.29, 1.82) is 0 Å². The Kier molecular flexibility index (Phi) is 4.16. The quantitative estimate of drug-likeness (QED) is 0.887. The van der Waals surface area contributed by atoms with Crippen molar-refractivity contribution in [3.63, 3.8) is 0 Å². The van der Waals surface area contributed by atoms with Gasteiger partial charge in [-0.1, -0.05) is 6.07 Å². The summed E-state index contributed by atoms with van der Waals surface area (Å²) < 4.78 is 42.5. The summed E-state index contributed by atoms with van der Waals surface area (Å²) in [5.41, 5.74) is -1.22. The number of anilines is 1. The summed E-state index contributed by atoms with van der Waals surface area (Å²) in [5.74, 6) is -0.574. The van der Waals surface area contributed by atoms with Crippen LogP contribution >= 0.6 is 0 Å². The summed E-state index contributed by atoms with van der Waals surface area (Å²) in [6, 6.07) is 3.82. The minimum Gasteiger partial charge on any atom is -0.300 e. The first-order valence-electron chi connectivity index (χ1n) is 6.62. The molecule has 0 saturated carbocycles. The van der Waals surface area contributed by atoms with Crippen LogP contribution in [0.2, 0.25) is 0 Å². The third-order valence-electron chi connectivity index (χ3n) is 3.60. The number of benzene rings is 1. The van der Waals surface area contributed by atoms with Gasteiger partial charge in [0.05, 0.1) is 5.69 Å². The zero-order valence-electron chi connectivity index (χ0n) is 13.0. The van der Waals surface area contributed by atoms with Crippen molar-refractivity contribution < 1.29 is 12.8 Å². The van der Waals surface area contributed by atoms with Gasteiger partial charge in [0.1, 0.15) is 5.82 Å². The molecule has 0 radical (unpaired) electrons. The molecule has 1 heterocycles. The topological polar surface area (TPSA) is 90.2 Å². The van der Waals surface area contributed by atoms with Crippen LogP contribution in [0.25, 0.3) is 0 Å². The highest BCUT2D eigenvalue weighted by molar-refractivity contribution is 7.92. The van der Waals surface area contributed by atoms with Gasteiger partial charge in [0.25, 0.3) is 15.6 Å². The van der Waals surface area contributed by atoms with Crippen molar-refractivity contribution in [3.8, 4) is 0 Å². The highest BCUT2D eigenvalue weighted by atomic mass is 32.2. The molecule has 0 aliphatic carbocycles. The number of aromatic nitrogens is 2. The van der Waals surface area contributed by atoms with E-state index in [1.807, 2.05) is 0 Å². The van der Waals surface area contributed by atoms with E-state index in [1.165, 1.54) is 33.2 Å². The van der Waals surface area contributed by atoms with Crippen molar-refractivity contribution in [2.45, 2.75) is 18.7 Å². The van der Waals surface area contributed by atoms with Gasteiger partial charge in [-0.3, -0.25) is 18.7 Å². The van der Waals surface area contributed by atoms with Crippen LogP contribution in [-0.4, -0.2) is 17.6 Å². The predicted octanol–water partition coefficient (Wildman–Crippen LogP) is 0.641. The van der Waals surface area contributed by atoms with E-state index in [0.29, 0.717) is 10.1 Å². The molecular weight excluding hydrogens is 325 g/mol. The van der Waals surface area contributed by atoms with E-state index in [2.05, 4.69) is 4.72 Å². The smallest absolute Gasteiger partial charge is 0.300 e. The Bertz CT molecular complexity index is 1010. The van der Waals surface area contributed by atoms with Gasteiger partial charge in [-0.05, 0) is 31.5 Å². The summed E-state index contributed by atoms with van der Waals surface area (Å²) in [4.78, 5) is 23.4. The molecule has 0 aliphatic rings. The molecule has 9 heteroatoms. The SMILES string of the molecule is Cc1ccc(NS(=O)(=O)c2c(C)n(C)c(=O)n(C)c2=O)cc1F. The number of aryl methyl sites for hydroxylation is 1. The van der Waals surface area contributed by atoms with Gasteiger partial charge in [-0.15, -0.1) is 0 Å². The van der Waals surface area contributed by atoms with E-state index < -0.39 is 32.0 Å². The van der Waals surface area contributed by atoms with Crippen molar-refractivity contribution in [2.24, 2.45) is 14.1 Å². The summed E-state index contributed by atoms with van der Waals surface area (Å²) in [6.07, 6.45) is 0. The standard InChI is InChI=1S/C14H16FN3O4S/c1-8-5-6-10(7-11(8)15)16-23(21,22)12-9(2)17(3)14(20)18(4)13(12)19/h5-7,16H,1-4H3. The fraction of sp³-hybridized carbons (Fsp3) is 0.286. The fourth-order valence-electron chi connectivity index (χ4n) is 2.09. The highest BCUT2D eigenvalue weighted by Gasteiger charge is 2.25. The lowest BCUT2D eigenvalue weighted by Crippen LogP contribution is -2.42. The molecule has 0 spiro atoms. The molecule has 1 aromatic carbocycles. The lowest BCUT2D eigenvalue weighted by Gasteiger charge is -2.14. The normalized spacial score (nSPS) is 11.5. The van der Waals surface area contributed by atoms with E-state index in [9.17, 15) is 22.4 Å². The summed E-state index contributed by atoms with van der Waals surface area (Å²) in [5, 5.41) is 0. The molecule has 0 unspecified atom stereocenters. The van der Waals surface area contributed by atoms with Crippen LogP contribution in [0, 0.1) is 19.7 Å². The molecule has 23 heavy (non-hydrogen) atoms. The highest BCUT2D eigenvalue weighted by Crippen LogP contribution is 2.18. The fourth-order valence-corrected chi connectivity index (χ4v) is 3.52. The number of halogens is 1. The predicted molar refractivity (Wildman–Crippen MR) is 83.6 cm³/mol. The van der Waals surface area contributed by atoms with Crippen molar-refractivity contribution in [1.82, 2.24) is 9.13 Å². The molecule has 0 atom stereocenters. The molecular formula is C14H16FN3O4S. The van der Waals surface area contributed by atoms with Gasteiger partial charge in [0, 0.05) is 19.8 Å². The minimum absolute atomic E-state index is 0.00168. The van der Waals surface area contributed by atoms with Gasteiger partial charge in [0.15, 0.2) is 4.90 Å². The number of nitrogens with one attached hydrogen (secondary N) is 1. The Morgan fingerprint density at radius 1 is 1.09 bits per heavy atom. The van der Waals surface area contributed by atoms with E-state index >= 15 is 0 Å². The first-order valence-corrected chi connectivity index (χ1v) is 8.10. The Morgan fingerprint density at radius 2 is 1.70 bits per heavy atom. The molecule has 0 amide bonds. The van der Waals surface area contributed by atoms with Gasteiger partial charge in [-0.2, -0.15) is 0 Å². The second-order valence-corrected chi connectivity index (χ2v) is 6.81. The maximum Gasteiger partial charge on any atom is 0.330 e. The maximum atomic E-state index is 13.6. The second-order valence-electron chi connectivity index (χ2n) is 5.19. The van der Waals surface area contributed by atoms with Gasteiger partial charge in [0.2, 0.25) is 0 Å². The van der Waals surface area contributed by atoms with Gasteiger partial charge < -0.3 is 0 Å². The Labute approximate surface area is 132 Å². The zero-order chi connectivity index (χ0) is 17.5. The third kappa shape index (κ3) is 2.91. The molecule has 0 aliphatic heterocycles. The third-order valence-corrected chi connectivity index (χ3v) is 5.11. The molecule has 0 saturated heterocycles. The molecule has 0 fully saturated rings. The molecule has 0 bridgehead atoms. The summed E-state index contributed by atoms with van der Waals surface area (Å²) >= 11 is 0. The van der Waals surface area contributed by atoms with E-state index in [4.69, 9.17) is 0 Å². The maximum absolute atomic E-state index is 13.6. The Balaban J connectivity index is 2.63. The van der Waals surface area contributed by atoms with Crippen LogP contribution in [0.15, 0.2) is 32.7 Å². The molecule has 124 valence electrons. The van der Waals surface area contributed by atoms with Crippen LogP contribution in [0.1, 0.15) is 11.3 Å². The average Bonchev–Trinajstić information content (AvgIpc) is 2.46. The van der Waals surface area contributed by atoms with Crippen molar-refractivity contribution in [2.75, 3.05) is 4.72 Å². The first kappa shape index (κ1) is 16.9. The van der Waals surface area contributed by atoms with Gasteiger partial charge >= 0.3 is 5.69 Å². The van der Waals surface area contributed by atoms with Crippen LogP contribution < -0.4 is 16.0 Å². The first-order chi connectivity index (χ1) is 10.6. The van der Waals surface area contributed by atoms with Crippen LogP contribution in [0.3, 0.4) is 0 Å². The number of hydrogen-bond acceptors (Lipinski definition) is 4. The Morgan fingerprint density at radius 3 is 2.26 bits per heavy atom. The largest absolute Gasteiger partial charge is 0.330 e. The number of rotatable bonds is 3. The Hall–Kier alpha value is -2.42. The molecule has 1 N–H and O–H groups in total. The lowest BCUT2D eigenvalue weighted by molar-refractivity contribution is 0.583. The molecule has 1 aromatic heterocycles. The number of nitrogens with zero attached hydrogens (tertiary/aromatic N) is 2. The molecule has 7 nitrogen and oxygen atoms in total. The number of hydrogen-bond donors (Lipinski definition) is 1. The van der Waals surface area contributed by atoms with Crippen LogP contribution in [-0.2, 0) is 24.1 Å². The van der Waals surface area contributed by atoms with E-state index in [0.717, 1.165) is 10.6 Å². The number of sulfonamides is 1. The minimum atomic E-state index is -4.28. The van der Waals surface area contributed by atoms with Gasteiger partial charge in [-0.25, -0.2) is 17.6 Å². The monoisotopic (exact) mass is 341 g/mol. The van der Waals surface area contributed by atoms with Crippen molar-refractivity contribution in [3.05, 3.63) is 56.1 Å². The average molecular weight is 341 g/mol. The molecule has 2 aromatic rings. The second kappa shape index (κ2) is 5.65. The van der Waals surface area contributed by atoms with E-state index in [1.54, 1.807) is 6.92 Å². The van der Waals surface area contributed by atoms with E-state index in [-0.39, 0.29) is 11.4 Å². The van der Waals surface area contributed by atoms with Crippen LogP contribution in [0.5, 0.6) is 0 Å². The van der Waals surface area contributed by atoms with Crippen molar-refractivity contribution >= 4 is 15.7 Å². The lowest BCUT2D eigenvalue weighted by atomic mass is 10.2. The molecule has 2 rings (SSSR count). The summed E-state index contributed by atoms with van der Waals surface area (Å²) in [6.45, 7) is 2.90. The van der Waals surface area contributed by atoms with Crippen LogP contribution in [0.4, 0.5) is 10.1 Å².